The SMILES string of the molecule is O=C(NCc1nncn1C1CC1)[C@H]1Cc2ccccc2CN1. The van der Waals surface area contributed by atoms with Crippen molar-refractivity contribution in [2.24, 2.45) is 0 Å². The number of rotatable bonds is 4. The van der Waals surface area contributed by atoms with Crippen LogP contribution in [0.15, 0.2) is 30.6 Å². The van der Waals surface area contributed by atoms with Crippen molar-refractivity contribution in [3.05, 3.63) is 47.5 Å². The molecule has 1 fully saturated rings. The minimum atomic E-state index is -0.174. The Morgan fingerprint density at radius 2 is 2.14 bits per heavy atom. The van der Waals surface area contributed by atoms with Crippen molar-refractivity contribution in [3.8, 4) is 0 Å². The first kappa shape index (κ1) is 13.5. The molecule has 1 aliphatic carbocycles. The summed E-state index contributed by atoms with van der Waals surface area (Å²) >= 11 is 0. The average molecular weight is 297 g/mol. The standard InChI is InChI=1S/C16H19N5O/c22-16(14-7-11-3-1-2-4-12(11)8-17-14)18-9-15-20-19-10-21(15)13-5-6-13/h1-4,10,13-14,17H,5-9H2,(H,18,22)/t14-/m1/s1. The van der Waals surface area contributed by atoms with Crippen molar-refractivity contribution in [2.75, 3.05) is 0 Å². The Kier molecular flexibility index (Phi) is 3.38. The van der Waals surface area contributed by atoms with Crippen LogP contribution < -0.4 is 10.6 Å². The topological polar surface area (TPSA) is 71.8 Å². The van der Waals surface area contributed by atoms with Gasteiger partial charge in [-0.3, -0.25) is 4.79 Å². The van der Waals surface area contributed by atoms with Crippen LogP contribution in [0, 0.1) is 0 Å². The van der Waals surface area contributed by atoms with E-state index in [1.165, 1.54) is 24.0 Å². The molecule has 114 valence electrons. The maximum atomic E-state index is 12.4. The number of nitrogens with zero attached hydrogens (tertiary/aromatic N) is 3. The molecule has 0 bridgehead atoms. The zero-order valence-corrected chi connectivity index (χ0v) is 12.3. The van der Waals surface area contributed by atoms with Crippen LogP contribution in [0.4, 0.5) is 0 Å². The number of aromatic nitrogens is 3. The van der Waals surface area contributed by atoms with Gasteiger partial charge in [-0.05, 0) is 30.4 Å². The number of carbonyl (C=O) groups is 1. The molecule has 1 saturated carbocycles. The highest BCUT2D eigenvalue weighted by atomic mass is 16.2. The first-order valence-electron chi connectivity index (χ1n) is 7.77. The summed E-state index contributed by atoms with van der Waals surface area (Å²) < 4.78 is 2.07. The van der Waals surface area contributed by atoms with Crippen molar-refractivity contribution in [1.29, 1.82) is 0 Å². The van der Waals surface area contributed by atoms with E-state index in [9.17, 15) is 4.79 Å². The van der Waals surface area contributed by atoms with Crippen LogP contribution in [0.2, 0.25) is 0 Å². The second-order valence-corrected chi connectivity index (χ2v) is 6.01. The van der Waals surface area contributed by atoms with E-state index in [1.807, 2.05) is 12.1 Å². The van der Waals surface area contributed by atoms with Gasteiger partial charge in [-0.25, -0.2) is 0 Å². The van der Waals surface area contributed by atoms with Gasteiger partial charge >= 0.3 is 0 Å². The van der Waals surface area contributed by atoms with Crippen molar-refractivity contribution in [3.63, 3.8) is 0 Å². The van der Waals surface area contributed by atoms with Gasteiger partial charge in [0.05, 0.1) is 12.6 Å². The van der Waals surface area contributed by atoms with E-state index in [1.54, 1.807) is 6.33 Å². The number of hydrogen-bond donors (Lipinski definition) is 2. The van der Waals surface area contributed by atoms with Gasteiger partial charge in [0.1, 0.15) is 6.33 Å². The lowest BCUT2D eigenvalue weighted by Gasteiger charge is -2.25. The number of amides is 1. The second-order valence-electron chi connectivity index (χ2n) is 6.01. The molecule has 1 aliphatic heterocycles. The predicted octanol–water partition coefficient (Wildman–Crippen LogP) is 0.944. The van der Waals surface area contributed by atoms with Crippen molar-refractivity contribution >= 4 is 5.91 Å². The highest BCUT2D eigenvalue weighted by Gasteiger charge is 2.27. The molecule has 0 saturated heterocycles. The highest BCUT2D eigenvalue weighted by Crippen LogP contribution is 2.35. The van der Waals surface area contributed by atoms with E-state index < -0.39 is 0 Å². The normalized spacial score (nSPS) is 20.5. The Hall–Kier alpha value is -2.21. The number of nitrogens with one attached hydrogen (secondary N) is 2. The molecule has 2 heterocycles. The molecule has 0 radical (unpaired) electrons. The van der Waals surface area contributed by atoms with Gasteiger partial charge in [0.25, 0.3) is 0 Å². The lowest BCUT2D eigenvalue weighted by molar-refractivity contribution is -0.123. The Labute approximate surface area is 128 Å². The number of hydrogen-bond acceptors (Lipinski definition) is 4. The fraction of sp³-hybridized carbons (Fsp3) is 0.438. The first-order chi connectivity index (χ1) is 10.8. The average Bonchev–Trinajstić information content (AvgIpc) is 3.30. The first-order valence-corrected chi connectivity index (χ1v) is 7.77. The Morgan fingerprint density at radius 1 is 1.32 bits per heavy atom. The van der Waals surface area contributed by atoms with Crippen LogP contribution in [0.1, 0.15) is 35.8 Å². The summed E-state index contributed by atoms with van der Waals surface area (Å²) in [5, 5.41) is 14.3. The number of fused-ring (bicyclic) bond motifs is 1. The smallest absolute Gasteiger partial charge is 0.237 e. The molecule has 4 rings (SSSR count). The highest BCUT2D eigenvalue weighted by molar-refractivity contribution is 5.82. The third-order valence-corrected chi connectivity index (χ3v) is 4.41. The van der Waals surface area contributed by atoms with Gasteiger partial charge in [0, 0.05) is 12.6 Å². The lowest BCUT2D eigenvalue weighted by Crippen LogP contribution is -2.47. The molecule has 2 aliphatic rings. The van der Waals surface area contributed by atoms with Gasteiger partial charge in [-0.15, -0.1) is 10.2 Å². The van der Waals surface area contributed by atoms with Gasteiger partial charge in [0.15, 0.2) is 5.82 Å². The maximum Gasteiger partial charge on any atom is 0.237 e. The van der Waals surface area contributed by atoms with Crippen molar-refractivity contribution < 1.29 is 4.79 Å². The molecular formula is C16H19N5O. The quantitative estimate of drug-likeness (QED) is 0.881. The van der Waals surface area contributed by atoms with Crippen LogP contribution in [-0.2, 0) is 24.3 Å². The van der Waals surface area contributed by atoms with Crippen LogP contribution in [0.25, 0.3) is 0 Å². The van der Waals surface area contributed by atoms with Crippen LogP contribution >= 0.6 is 0 Å². The molecule has 1 aromatic heterocycles. The Balaban J connectivity index is 1.38. The summed E-state index contributed by atoms with van der Waals surface area (Å²) in [6, 6.07) is 8.62. The lowest BCUT2D eigenvalue weighted by atomic mass is 9.95. The van der Waals surface area contributed by atoms with Crippen LogP contribution in [0.5, 0.6) is 0 Å². The molecule has 1 amide bonds. The van der Waals surface area contributed by atoms with E-state index in [0.717, 1.165) is 18.8 Å². The van der Waals surface area contributed by atoms with E-state index in [0.29, 0.717) is 12.6 Å². The minimum absolute atomic E-state index is 0.0276. The molecule has 1 atom stereocenters. The Morgan fingerprint density at radius 3 is 2.95 bits per heavy atom. The number of carbonyl (C=O) groups excluding carboxylic acids is 1. The largest absolute Gasteiger partial charge is 0.347 e. The molecule has 22 heavy (non-hydrogen) atoms. The zero-order valence-electron chi connectivity index (χ0n) is 12.3. The van der Waals surface area contributed by atoms with Crippen LogP contribution in [0.3, 0.4) is 0 Å². The fourth-order valence-electron chi connectivity index (χ4n) is 2.98. The molecule has 0 unspecified atom stereocenters. The third kappa shape index (κ3) is 2.62. The van der Waals surface area contributed by atoms with E-state index in [4.69, 9.17) is 0 Å². The van der Waals surface area contributed by atoms with E-state index in [-0.39, 0.29) is 11.9 Å². The van der Waals surface area contributed by atoms with Gasteiger partial charge < -0.3 is 15.2 Å². The predicted molar refractivity (Wildman–Crippen MR) is 80.9 cm³/mol. The zero-order chi connectivity index (χ0) is 14.9. The summed E-state index contributed by atoms with van der Waals surface area (Å²) in [6.45, 7) is 1.18. The summed E-state index contributed by atoms with van der Waals surface area (Å²) in [5.74, 6) is 0.868. The summed E-state index contributed by atoms with van der Waals surface area (Å²) in [6.07, 6.45) is 4.85. The molecule has 2 N–H and O–H groups in total. The monoisotopic (exact) mass is 297 g/mol. The molecule has 6 heteroatoms. The minimum Gasteiger partial charge on any atom is -0.347 e. The third-order valence-electron chi connectivity index (χ3n) is 4.41. The van der Waals surface area contributed by atoms with E-state index >= 15 is 0 Å². The molecular weight excluding hydrogens is 278 g/mol. The summed E-state index contributed by atoms with van der Waals surface area (Å²) in [7, 11) is 0. The maximum absolute atomic E-state index is 12.4. The van der Waals surface area contributed by atoms with E-state index in [2.05, 4.69) is 37.5 Å². The Bertz CT molecular complexity index is 691. The fourth-order valence-corrected chi connectivity index (χ4v) is 2.98. The second kappa shape index (κ2) is 5.53. The molecule has 1 aromatic carbocycles. The van der Waals surface area contributed by atoms with Gasteiger partial charge in [0.2, 0.25) is 5.91 Å². The summed E-state index contributed by atoms with van der Waals surface area (Å²) in [5.41, 5.74) is 2.53. The molecule has 0 spiro atoms. The van der Waals surface area contributed by atoms with Crippen LogP contribution in [-0.4, -0.2) is 26.7 Å². The number of benzene rings is 1. The summed E-state index contributed by atoms with van der Waals surface area (Å²) in [4.78, 5) is 12.4. The molecule has 2 aromatic rings. The van der Waals surface area contributed by atoms with Crippen molar-refractivity contribution in [2.45, 2.75) is 44.4 Å². The van der Waals surface area contributed by atoms with Crippen molar-refractivity contribution in [1.82, 2.24) is 25.4 Å². The van der Waals surface area contributed by atoms with Gasteiger partial charge in [-0.2, -0.15) is 0 Å². The molecule has 6 nitrogen and oxygen atoms in total. The van der Waals surface area contributed by atoms with Gasteiger partial charge in [-0.1, -0.05) is 24.3 Å².